The molecule has 2 fully saturated rings. The third-order valence-electron chi connectivity index (χ3n) is 5.06. The number of amides is 2. The summed E-state index contributed by atoms with van der Waals surface area (Å²) >= 11 is 5.93. The maximum Gasteiger partial charge on any atom is 0.251 e. The molecule has 1 aromatic carbocycles. The van der Waals surface area contributed by atoms with E-state index in [-0.39, 0.29) is 17.4 Å². The molecular formula is C16H19ClN2O2. The predicted octanol–water partition coefficient (Wildman–Crippen LogP) is 2.65. The first-order valence-corrected chi connectivity index (χ1v) is 7.71. The summed E-state index contributed by atoms with van der Waals surface area (Å²) in [6.45, 7) is 0. The van der Waals surface area contributed by atoms with Gasteiger partial charge in [-0.2, -0.15) is 0 Å². The van der Waals surface area contributed by atoms with Crippen LogP contribution in [0.4, 0.5) is 0 Å². The molecule has 0 saturated heterocycles. The van der Waals surface area contributed by atoms with Gasteiger partial charge in [-0.25, -0.2) is 0 Å². The Hall–Kier alpha value is -1.55. The van der Waals surface area contributed by atoms with Crippen LogP contribution in [0.2, 0.25) is 5.02 Å². The van der Waals surface area contributed by atoms with E-state index in [0.29, 0.717) is 17.0 Å². The molecule has 2 amide bonds. The van der Waals surface area contributed by atoms with Gasteiger partial charge in [0.2, 0.25) is 5.91 Å². The SMILES string of the molecule is NC(=O)[C@]12CCC[C@](NC(=O)c3cccc(Cl)c3)(CC1)C2. The monoisotopic (exact) mass is 306 g/mol. The molecule has 0 aliphatic heterocycles. The van der Waals surface area contributed by atoms with Crippen molar-refractivity contribution in [2.75, 3.05) is 0 Å². The Balaban J connectivity index is 1.79. The molecule has 0 spiro atoms. The van der Waals surface area contributed by atoms with E-state index in [1.165, 1.54) is 0 Å². The maximum absolute atomic E-state index is 12.4. The summed E-state index contributed by atoms with van der Waals surface area (Å²) in [4.78, 5) is 24.2. The van der Waals surface area contributed by atoms with Crippen molar-refractivity contribution in [3.8, 4) is 0 Å². The molecule has 112 valence electrons. The summed E-state index contributed by atoms with van der Waals surface area (Å²) in [7, 11) is 0. The Morgan fingerprint density at radius 2 is 2.00 bits per heavy atom. The van der Waals surface area contributed by atoms with Crippen molar-refractivity contribution in [1.82, 2.24) is 5.32 Å². The van der Waals surface area contributed by atoms with E-state index in [0.717, 1.165) is 32.1 Å². The van der Waals surface area contributed by atoms with Crippen molar-refractivity contribution >= 4 is 23.4 Å². The highest BCUT2D eigenvalue weighted by Gasteiger charge is 2.54. The van der Waals surface area contributed by atoms with Crippen LogP contribution in [0.5, 0.6) is 0 Å². The average Bonchev–Trinajstić information content (AvgIpc) is 2.71. The molecule has 0 radical (unpaired) electrons. The zero-order valence-corrected chi connectivity index (χ0v) is 12.6. The largest absolute Gasteiger partial charge is 0.369 e. The summed E-state index contributed by atoms with van der Waals surface area (Å²) in [6.07, 6.45) is 4.95. The van der Waals surface area contributed by atoms with Crippen LogP contribution in [0.3, 0.4) is 0 Å². The summed E-state index contributed by atoms with van der Waals surface area (Å²) in [5.41, 5.74) is 5.44. The molecule has 2 bridgehead atoms. The lowest BCUT2D eigenvalue weighted by Gasteiger charge is -2.38. The van der Waals surface area contributed by atoms with E-state index < -0.39 is 5.41 Å². The molecule has 3 rings (SSSR count). The zero-order chi connectivity index (χ0) is 15.1. The lowest BCUT2D eigenvalue weighted by atomic mass is 9.72. The standard InChI is InChI=1S/C16H19ClN2O2/c17-12-4-1-3-11(9-12)13(20)19-16-6-2-5-15(10-16,7-8-16)14(18)21/h1,3-4,9H,2,5-8,10H2,(H2,18,21)(H,19,20)/t15-,16+/m1/s1. The summed E-state index contributed by atoms with van der Waals surface area (Å²) in [5.74, 6) is -0.347. The van der Waals surface area contributed by atoms with Crippen LogP contribution in [0.25, 0.3) is 0 Å². The molecule has 1 aromatic rings. The predicted molar refractivity (Wildman–Crippen MR) is 81.0 cm³/mol. The lowest BCUT2D eigenvalue weighted by molar-refractivity contribution is -0.128. The first kappa shape index (κ1) is 14.4. The van der Waals surface area contributed by atoms with Gasteiger partial charge in [0.15, 0.2) is 0 Å². The second kappa shape index (κ2) is 5.02. The van der Waals surface area contributed by atoms with Gasteiger partial charge in [0.1, 0.15) is 0 Å². The van der Waals surface area contributed by atoms with Gasteiger partial charge < -0.3 is 11.1 Å². The van der Waals surface area contributed by atoms with Crippen LogP contribution >= 0.6 is 11.6 Å². The lowest BCUT2D eigenvalue weighted by Crippen LogP contribution is -2.51. The highest BCUT2D eigenvalue weighted by atomic mass is 35.5. The summed E-state index contributed by atoms with van der Waals surface area (Å²) < 4.78 is 0. The maximum atomic E-state index is 12.4. The number of primary amides is 1. The fourth-order valence-electron chi connectivity index (χ4n) is 3.94. The van der Waals surface area contributed by atoms with Gasteiger partial charge in [0.05, 0.1) is 5.41 Å². The van der Waals surface area contributed by atoms with Gasteiger partial charge in [-0.3, -0.25) is 9.59 Å². The molecule has 2 atom stereocenters. The number of rotatable bonds is 3. The van der Waals surface area contributed by atoms with Crippen molar-refractivity contribution in [3.05, 3.63) is 34.9 Å². The van der Waals surface area contributed by atoms with Crippen molar-refractivity contribution in [2.24, 2.45) is 11.1 Å². The summed E-state index contributed by atoms with van der Waals surface area (Å²) in [5, 5.41) is 3.68. The fraction of sp³-hybridized carbons (Fsp3) is 0.500. The molecule has 5 heteroatoms. The smallest absolute Gasteiger partial charge is 0.251 e. The Labute approximate surface area is 129 Å². The quantitative estimate of drug-likeness (QED) is 0.901. The summed E-state index contributed by atoms with van der Waals surface area (Å²) in [6, 6.07) is 6.91. The van der Waals surface area contributed by atoms with E-state index in [9.17, 15) is 9.59 Å². The number of fused-ring (bicyclic) bond motifs is 2. The minimum Gasteiger partial charge on any atom is -0.369 e. The average molecular weight is 307 g/mol. The first-order chi connectivity index (χ1) is 9.95. The molecule has 21 heavy (non-hydrogen) atoms. The van der Waals surface area contributed by atoms with E-state index in [2.05, 4.69) is 5.32 Å². The van der Waals surface area contributed by atoms with Gasteiger partial charge in [-0.15, -0.1) is 0 Å². The second-order valence-electron chi connectivity index (χ2n) is 6.42. The first-order valence-electron chi connectivity index (χ1n) is 7.33. The van der Waals surface area contributed by atoms with Crippen molar-refractivity contribution in [1.29, 1.82) is 0 Å². The molecule has 4 nitrogen and oxygen atoms in total. The molecule has 0 aromatic heterocycles. The van der Waals surface area contributed by atoms with E-state index in [1.54, 1.807) is 24.3 Å². The minimum atomic E-state index is -0.417. The van der Waals surface area contributed by atoms with Crippen molar-refractivity contribution in [2.45, 2.75) is 44.1 Å². The van der Waals surface area contributed by atoms with Crippen LogP contribution in [-0.2, 0) is 4.79 Å². The van der Waals surface area contributed by atoms with Gasteiger partial charge in [-0.1, -0.05) is 24.1 Å². The third-order valence-corrected chi connectivity index (χ3v) is 5.29. The highest BCUT2D eigenvalue weighted by molar-refractivity contribution is 6.30. The third kappa shape index (κ3) is 2.53. The van der Waals surface area contributed by atoms with Gasteiger partial charge in [0, 0.05) is 16.1 Å². The molecule has 2 aliphatic carbocycles. The second-order valence-corrected chi connectivity index (χ2v) is 6.86. The van der Waals surface area contributed by atoms with Crippen molar-refractivity contribution in [3.63, 3.8) is 0 Å². The zero-order valence-electron chi connectivity index (χ0n) is 11.8. The van der Waals surface area contributed by atoms with Gasteiger partial charge in [0.25, 0.3) is 5.91 Å². The molecular weight excluding hydrogens is 288 g/mol. The normalized spacial score (nSPS) is 30.9. The molecule has 2 saturated carbocycles. The Kier molecular flexibility index (Phi) is 3.44. The highest BCUT2D eigenvalue weighted by Crippen LogP contribution is 2.53. The fourth-order valence-corrected chi connectivity index (χ4v) is 4.13. The van der Waals surface area contributed by atoms with Gasteiger partial charge in [-0.05, 0) is 50.3 Å². The van der Waals surface area contributed by atoms with Crippen LogP contribution in [0.15, 0.2) is 24.3 Å². The van der Waals surface area contributed by atoms with Crippen molar-refractivity contribution < 1.29 is 9.59 Å². The Morgan fingerprint density at radius 1 is 1.19 bits per heavy atom. The molecule has 2 aliphatic rings. The number of halogens is 1. The number of nitrogens with one attached hydrogen (secondary N) is 1. The van der Waals surface area contributed by atoms with Crippen LogP contribution in [0.1, 0.15) is 48.9 Å². The molecule has 0 heterocycles. The number of hydrogen-bond acceptors (Lipinski definition) is 2. The van der Waals surface area contributed by atoms with Crippen LogP contribution in [-0.4, -0.2) is 17.4 Å². The Morgan fingerprint density at radius 3 is 2.71 bits per heavy atom. The number of carbonyl (C=O) groups excluding carboxylic acids is 2. The topological polar surface area (TPSA) is 72.2 Å². The minimum absolute atomic E-state index is 0.125. The number of benzene rings is 1. The van der Waals surface area contributed by atoms with Crippen LogP contribution in [0, 0.1) is 5.41 Å². The van der Waals surface area contributed by atoms with Gasteiger partial charge >= 0.3 is 0 Å². The molecule has 0 unspecified atom stereocenters. The number of nitrogens with two attached hydrogens (primary N) is 1. The molecule has 3 N–H and O–H groups in total. The van der Waals surface area contributed by atoms with E-state index in [1.807, 2.05) is 0 Å². The van der Waals surface area contributed by atoms with Crippen LogP contribution < -0.4 is 11.1 Å². The van der Waals surface area contributed by atoms with E-state index >= 15 is 0 Å². The van der Waals surface area contributed by atoms with E-state index in [4.69, 9.17) is 17.3 Å². The number of carbonyl (C=O) groups is 2. The Bertz CT molecular complexity index is 604. The number of hydrogen-bond donors (Lipinski definition) is 2.